The molecule has 0 atom stereocenters. The van der Waals surface area contributed by atoms with Gasteiger partial charge in [0.25, 0.3) is 0 Å². The Morgan fingerprint density at radius 1 is 1.45 bits per heavy atom. The van der Waals surface area contributed by atoms with Crippen LogP contribution >= 0.6 is 0 Å². The maximum Gasteiger partial charge on any atom is 0.335 e. The Labute approximate surface area is 116 Å². The molecule has 112 valence electrons. The Morgan fingerprint density at radius 3 is 2.70 bits per heavy atom. The Bertz CT molecular complexity index is 573. The molecule has 0 saturated carbocycles. The maximum absolute atomic E-state index is 13.6. The summed E-state index contributed by atoms with van der Waals surface area (Å²) < 4.78 is 44.6. The summed E-state index contributed by atoms with van der Waals surface area (Å²) in [7, 11) is -3.99. The second kappa shape index (κ2) is 7.32. The summed E-state index contributed by atoms with van der Waals surface area (Å²) in [6.45, 7) is 2.88. The van der Waals surface area contributed by atoms with E-state index in [9.17, 15) is 17.6 Å². The minimum atomic E-state index is -3.99. The maximum atomic E-state index is 13.6. The number of carbonyl (C=O) groups is 1. The largest absolute Gasteiger partial charge is 0.478 e. The fourth-order valence-electron chi connectivity index (χ4n) is 1.45. The topological polar surface area (TPSA) is 92.7 Å². The molecule has 0 heterocycles. The van der Waals surface area contributed by atoms with E-state index in [0.717, 1.165) is 12.1 Å². The van der Waals surface area contributed by atoms with Crippen LogP contribution in [0.15, 0.2) is 23.1 Å². The number of carboxylic acids is 1. The predicted molar refractivity (Wildman–Crippen MR) is 69.7 cm³/mol. The molecule has 0 radical (unpaired) electrons. The van der Waals surface area contributed by atoms with Gasteiger partial charge in [-0.25, -0.2) is 22.3 Å². The van der Waals surface area contributed by atoms with Crippen molar-refractivity contribution < 1.29 is 27.4 Å². The second-order valence-electron chi connectivity index (χ2n) is 3.90. The van der Waals surface area contributed by atoms with Crippen molar-refractivity contribution in [2.45, 2.75) is 18.2 Å². The molecule has 0 aliphatic rings. The molecule has 0 aromatic heterocycles. The van der Waals surface area contributed by atoms with Gasteiger partial charge < -0.3 is 9.84 Å². The van der Waals surface area contributed by atoms with Gasteiger partial charge in [-0.1, -0.05) is 0 Å². The second-order valence-corrected chi connectivity index (χ2v) is 5.63. The van der Waals surface area contributed by atoms with Crippen LogP contribution in [0, 0.1) is 5.82 Å². The molecule has 0 unspecified atom stereocenters. The number of hydrogen-bond acceptors (Lipinski definition) is 4. The fourth-order valence-corrected chi connectivity index (χ4v) is 2.59. The highest BCUT2D eigenvalue weighted by Gasteiger charge is 2.19. The zero-order chi connectivity index (χ0) is 15.2. The van der Waals surface area contributed by atoms with Crippen molar-refractivity contribution in [2.24, 2.45) is 0 Å². The minimum Gasteiger partial charge on any atom is -0.478 e. The monoisotopic (exact) mass is 305 g/mol. The highest BCUT2D eigenvalue weighted by Crippen LogP contribution is 2.16. The number of nitrogens with one attached hydrogen (secondary N) is 1. The first-order valence-electron chi connectivity index (χ1n) is 5.98. The van der Waals surface area contributed by atoms with Crippen molar-refractivity contribution in [3.8, 4) is 0 Å². The summed E-state index contributed by atoms with van der Waals surface area (Å²) in [6.07, 6.45) is 0.460. The van der Waals surface area contributed by atoms with Crippen molar-refractivity contribution in [3.63, 3.8) is 0 Å². The molecule has 1 aromatic rings. The Morgan fingerprint density at radius 2 is 2.15 bits per heavy atom. The lowest BCUT2D eigenvalue weighted by atomic mass is 10.2. The molecule has 0 saturated heterocycles. The molecule has 8 heteroatoms. The highest BCUT2D eigenvalue weighted by atomic mass is 32.2. The fraction of sp³-hybridized carbons (Fsp3) is 0.417. The first-order chi connectivity index (χ1) is 9.38. The third kappa shape index (κ3) is 4.55. The van der Waals surface area contributed by atoms with Crippen LogP contribution < -0.4 is 4.72 Å². The first-order valence-corrected chi connectivity index (χ1v) is 7.47. The number of ether oxygens (including phenoxy) is 1. The molecule has 0 amide bonds. The van der Waals surface area contributed by atoms with Gasteiger partial charge in [-0.3, -0.25) is 0 Å². The van der Waals surface area contributed by atoms with Crippen LogP contribution in [0.3, 0.4) is 0 Å². The first kappa shape index (κ1) is 16.5. The molecule has 20 heavy (non-hydrogen) atoms. The van der Waals surface area contributed by atoms with E-state index in [2.05, 4.69) is 4.72 Å². The summed E-state index contributed by atoms with van der Waals surface area (Å²) in [5, 5.41) is 8.68. The lowest BCUT2D eigenvalue weighted by Crippen LogP contribution is -2.26. The number of rotatable bonds is 8. The number of hydrogen-bond donors (Lipinski definition) is 2. The van der Waals surface area contributed by atoms with Crippen LogP contribution in [0.5, 0.6) is 0 Å². The lowest BCUT2D eigenvalue weighted by molar-refractivity contribution is 0.0696. The van der Waals surface area contributed by atoms with Crippen molar-refractivity contribution in [1.29, 1.82) is 0 Å². The van der Waals surface area contributed by atoms with Gasteiger partial charge in [0, 0.05) is 19.8 Å². The molecule has 0 aliphatic heterocycles. The Hall–Kier alpha value is -1.51. The quantitative estimate of drug-likeness (QED) is 0.705. The molecule has 0 aliphatic carbocycles. The van der Waals surface area contributed by atoms with E-state index in [1.165, 1.54) is 0 Å². The van der Waals surface area contributed by atoms with Crippen molar-refractivity contribution in [3.05, 3.63) is 29.6 Å². The minimum absolute atomic E-state index is 0.114. The van der Waals surface area contributed by atoms with Crippen molar-refractivity contribution in [2.75, 3.05) is 19.8 Å². The van der Waals surface area contributed by atoms with Crippen LogP contribution in [-0.2, 0) is 14.8 Å². The molecule has 0 bridgehead atoms. The smallest absolute Gasteiger partial charge is 0.335 e. The summed E-state index contributed by atoms with van der Waals surface area (Å²) in [6, 6.07) is 2.65. The third-order valence-electron chi connectivity index (χ3n) is 2.43. The third-order valence-corrected chi connectivity index (χ3v) is 3.92. The number of aromatic carboxylic acids is 1. The van der Waals surface area contributed by atoms with Gasteiger partial charge in [-0.2, -0.15) is 0 Å². The van der Waals surface area contributed by atoms with E-state index < -0.39 is 26.7 Å². The van der Waals surface area contributed by atoms with E-state index >= 15 is 0 Å². The van der Waals surface area contributed by atoms with Gasteiger partial charge in [0.2, 0.25) is 10.0 Å². The molecule has 2 N–H and O–H groups in total. The Kier molecular flexibility index (Phi) is 6.05. The van der Waals surface area contributed by atoms with Gasteiger partial charge in [0.05, 0.1) is 5.56 Å². The van der Waals surface area contributed by atoms with Crippen LogP contribution in [-0.4, -0.2) is 39.3 Å². The standard InChI is InChI=1S/C12H16FNO5S/c1-2-19-7-3-6-14-20(17,18)11-5-4-9(12(15)16)8-10(11)13/h4-5,8,14H,2-3,6-7H2,1H3,(H,15,16). The van der Waals surface area contributed by atoms with Crippen molar-refractivity contribution in [1.82, 2.24) is 4.72 Å². The van der Waals surface area contributed by atoms with Gasteiger partial charge in [0.15, 0.2) is 0 Å². The summed E-state index contributed by atoms with van der Waals surface area (Å²) >= 11 is 0. The zero-order valence-electron chi connectivity index (χ0n) is 10.9. The van der Waals surface area contributed by atoms with Crippen molar-refractivity contribution >= 4 is 16.0 Å². The summed E-state index contributed by atoms with van der Waals surface area (Å²) in [5.41, 5.74) is -0.308. The van der Waals surface area contributed by atoms with Gasteiger partial charge in [0.1, 0.15) is 10.7 Å². The SMILES string of the molecule is CCOCCCNS(=O)(=O)c1ccc(C(=O)O)cc1F. The molecular weight excluding hydrogens is 289 g/mol. The van der Waals surface area contributed by atoms with Crippen LogP contribution in [0.1, 0.15) is 23.7 Å². The lowest BCUT2D eigenvalue weighted by Gasteiger charge is -2.08. The molecule has 0 spiro atoms. The summed E-state index contributed by atoms with van der Waals surface area (Å²) in [4.78, 5) is 10.1. The zero-order valence-corrected chi connectivity index (χ0v) is 11.7. The average Bonchev–Trinajstić information content (AvgIpc) is 2.37. The molecule has 1 rings (SSSR count). The van der Waals surface area contributed by atoms with E-state index in [-0.39, 0.29) is 12.1 Å². The molecule has 0 fully saturated rings. The van der Waals surface area contributed by atoms with Gasteiger partial charge >= 0.3 is 5.97 Å². The van der Waals surface area contributed by atoms with Gasteiger partial charge in [-0.15, -0.1) is 0 Å². The van der Waals surface area contributed by atoms with E-state index in [0.29, 0.717) is 25.7 Å². The van der Waals surface area contributed by atoms with E-state index in [4.69, 9.17) is 9.84 Å². The van der Waals surface area contributed by atoms with E-state index in [1.807, 2.05) is 6.92 Å². The molecular formula is C12H16FNO5S. The molecule has 6 nitrogen and oxygen atoms in total. The molecule has 1 aromatic carbocycles. The predicted octanol–water partition coefficient (Wildman–Crippen LogP) is 1.23. The van der Waals surface area contributed by atoms with Crippen LogP contribution in [0.4, 0.5) is 4.39 Å². The number of carboxylic acid groups (broad SMARTS) is 1. The van der Waals surface area contributed by atoms with Gasteiger partial charge in [-0.05, 0) is 31.5 Å². The average molecular weight is 305 g/mol. The number of halogens is 1. The van der Waals surface area contributed by atoms with Crippen LogP contribution in [0.25, 0.3) is 0 Å². The summed E-state index contributed by atoms with van der Waals surface area (Å²) in [5.74, 6) is -2.42. The van der Waals surface area contributed by atoms with E-state index in [1.54, 1.807) is 0 Å². The number of sulfonamides is 1. The number of benzene rings is 1. The highest BCUT2D eigenvalue weighted by molar-refractivity contribution is 7.89. The Balaban J connectivity index is 2.75. The normalized spacial score (nSPS) is 11.5. The van der Waals surface area contributed by atoms with Crippen LogP contribution in [0.2, 0.25) is 0 Å².